The second-order valence-electron chi connectivity index (χ2n) is 3.52. The Morgan fingerprint density at radius 2 is 2.29 bits per heavy atom. The van der Waals surface area contributed by atoms with Gasteiger partial charge < -0.3 is 0 Å². The minimum Gasteiger partial charge on any atom is -0.295 e. The smallest absolute Gasteiger partial charge is 0.107 e. The summed E-state index contributed by atoms with van der Waals surface area (Å²) in [5.41, 5.74) is 0.992. The second kappa shape index (κ2) is 5.69. The fraction of sp³-hybridized carbons (Fsp3) is 0.700. The molecule has 1 aromatic heterocycles. The van der Waals surface area contributed by atoms with Crippen molar-refractivity contribution in [2.24, 2.45) is 0 Å². The minimum absolute atomic E-state index is 0.518. The Bertz CT molecular complexity index is 273. The van der Waals surface area contributed by atoms with Crippen molar-refractivity contribution in [2.75, 3.05) is 6.54 Å². The summed E-state index contributed by atoms with van der Waals surface area (Å²) >= 11 is 7.40. The Morgan fingerprint density at radius 1 is 1.57 bits per heavy atom. The third-order valence-corrected chi connectivity index (χ3v) is 3.37. The lowest BCUT2D eigenvalue weighted by Crippen LogP contribution is -2.29. The molecule has 0 saturated heterocycles. The van der Waals surface area contributed by atoms with Crippen molar-refractivity contribution < 1.29 is 0 Å². The Kier molecular flexibility index (Phi) is 4.85. The molecule has 0 N–H and O–H groups in total. The van der Waals surface area contributed by atoms with E-state index in [0.717, 1.165) is 23.8 Å². The number of hydrogen-bond donors (Lipinski definition) is 0. The molecule has 0 unspecified atom stereocenters. The largest absolute Gasteiger partial charge is 0.295 e. The molecular weight excluding hydrogens is 216 g/mol. The zero-order valence-corrected chi connectivity index (χ0v) is 10.5. The van der Waals surface area contributed by atoms with Crippen LogP contribution < -0.4 is 0 Å². The Labute approximate surface area is 94.9 Å². The quantitative estimate of drug-likeness (QED) is 0.726. The van der Waals surface area contributed by atoms with Crippen LogP contribution in [0.1, 0.15) is 31.5 Å². The highest BCUT2D eigenvalue weighted by atomic mass is 35.5. The first kappa shape index (κ1) is 12.0. The van der Waals surface area contributed by atoms with E-state index in [1.54, 1.807) is 11.3 Å². The van der Waals surface area contributed by atoms with Crippen molar-refractivity contribution in [3.63, 3.8) is 0 Å². The number of thiazole rings is 1. The minimum atomic E-state index is 0.518. The van der Waals surface area contributed by atoms with Gasteiger partial charge in [0.2, 0.25) is 0 Å². The highest BCUT2D eigenvalue weighted by Crippen LogP contribution is 2.14. The highest BCUT2D eigenvalue weighted by Gasteiger charge is 2.10. The molecule has 80 valence electrons. The molecule has 2 nitrogen and oxygen atoms in total. The van der Waals surface area contributed by atoms with Crippen molar-refractivity contribution in [2.45, 2.75) is 39.2 Å². The van der Waals surface area contributed by atoms with Gasteiger partial charge in [0.05, 0.1) is 18.1 Å². The van der Waals surface area contributed by atoms with Gasteiger partial charge in [-0.3, -0.25) is 4.90 Å². The van der Waals surface area contributed by atoms with Crippen molar-refractivity contribution in [3.8, 4) is 0 Å². The second-order valence-corrected chi connectivity index (χ2v) is 4.73. The van der Waals surface area contributed by atoms with Crippen LogP contribution in [-0.4, -0.2) is 22.5 Å². The van der Waals surface area contributed by atoms with Gasteiger partial charge in [-0.2, -0.15) is 0 Å². The molecule has 4 heteroatoms. The molecule has 14 heavy (non-hydrogen) atoms. The monoisotopic (exact) mass is 232 g/mol. The lowest BCUT2D eigenvalue weighted by molar-refractivity contribution is 0.224. The van der Waals surface area contributed by atoms with Crippen LogP contribution in [0.4, 0.5) is 0 Å². The third-order valence-electron chi connectivity index (χ3n) is 2.21. The molecule has 0 spiro atoms. The van der Waals surface area contributed by atoms with Crippen molar-refractivity contribution in [1.29, 1.82) is 0 Å². The van der Waals surface area contributed by atoms with Crippen LogP contribution in [0.3, 0.4) is 0 Å². The molecule has 1 heterocycles. The molecule has 0 aliphatic heterocycles. The van der Waals surface area contributed by atoms with Crippen molar-refractivity contribution in [3.05, 3.63) is 16.1 Å². The molecule has 0 fully saturated rings. The number of alkyl halides is 1. The number of aromatic nitrogens is 1. The summed E-state index contributed by atoms with van der Waals surface area (Å²) in [5, 5.41) is 3.20. The summed E-state index contributed by atoms with van der Waals surface area (Å²) in [7, 11) is 0. The van der Waals surface area contributed by atoms with Gasteiger partial charge >= 0.3 is 0 Å². The van der Waals surface area contributed by atoms with Crippen molar-refractivity contribution >= 4 is 22.9 Å². The number of halogens is 1. The van der Waals surface area contributed by atoms with Crippen LogP contribution in [0.25, 0.3) is 0 Å². The highest BCUT2D eigenvalue weighted by molar-refractivity contribution is 7.09. The summed E-state index contributed by atoms with van der Waals surface area (Å²) in [6.07, 6.45) is 0. The van der Waals surface area contributed by atoms with E-state index in [-0.39, 0.29) is 0 Å². The molecule has 0 aliphatic carbocycles. The molecule has 1 rings (SSSR count). The van der Waals surface area contributed by atoms with E-state index < -0.39 is 0 Å². The fourth-order valence-electron chi connectivity index (χ4n) is 1.32. The lowest BCUT2D eigenvalue weighted by Gasteiger charge is -2.23. The van der Waals surface area contributed by atoms with Gasteiger partial charge in [-0.25, -0.2) is 4.98 Å². The van der Waals surface area contributed by atoms with E-state index >= 15 is 0 Å². The first-order valence-electron chi connectivity index (χ1n) is 4.90. The van der Waals surface area contributed by atoms with Gasteiger partial charge in [0.15, 0.2) is 0 Å². The number of nitrogens with zero attached hydrogens (tertiary/aromatic N) is 2. The molecule has 0 aliphatic rings. The van der Waals surface area contributed by atoms with E-state index in [1.165, 1.54) is 0 Å². The predicted molar refractivity (Wildman–Crippen MR) is 62.9 cm³/mol. The first-order valence-corrected chi connectivity index (χ1v) is 6.32. The molecule has 0 atom stereocenters. The van der Waals surface area contributed by atoms with Gasteiger partial charge in [0.1, 0.15) is 5.01 Å². The maximum atomic E-state index is 5.70. The first-order chi connectivity index (χ1) is 6.67. The molecule has 0 radical (unpaired) electrons. The molecule has 0 bridgehead atoms. The summed E-state index contributed by atoms with van der Waals surface area (Å²) in [4.78, 5) is 6.83. The number of rotatable bonds is 5. The van der Waals surface area contributed by atoms with E-state index in [4.69, 9.17) is 11.6 Å². The van der Waals surface area contributed by atoms with Crippen LogP contribution in [0.2, 0.25) is 0 Å². The van der Waals surface area contributed by atoms with Crippen LogP contribution in [0.15, 0.2) is 5.38 Å². The van der Waals surface area contributed by atoms with Gasteiger partial charge in [-0.1, -0.05) is 6.92 Å². The van der Waals surface area contributed by atoms with Crippen molar-refractivity contribution in [1.82, 2.24) is 9.88 Å². The van der Waals surface area contributed by atoms with Gasteiger partial charge in [0.25, 0.3) is 0 Å². The summed E-state index contributed by atoms with van der Waals surface area (Å²) in [5.74, 6) is 0.518. The SMILES string of the molecule is CCN(Cc1nc(CCl)cs1)C(C)C. The molecule has 0 saturated carbocycles. The van der Waals surface area contributed by atoms with Crippen LogP contribution in [0.5, 0.6) is 0 Å². The fourth-order valence-corrected chi connectivity index (χ4v) is 2.36. The molecule has 0 aromatic carbocycles. The normalized spacial score (nSPS) is 11.6. The maximum absolute atomic E-state index is 5.70. The Morgan fingerprint density at radius 3 is 2.71 bits per heavy atom. The standard InChI is InChI=1S/C10H17ClN2S/c1-4-13(8(2)3)6-10-12-9(5-11)7-14-10/h7-8H,4-6H2,1-3H3. The number of hydrogen-bond acceptors (Lipinski definition) is 3. The average molecular weight is 233 g/mol. The summed E-state index contributed by atoms with van der Waals surface area (Å²) in [6, 6.07) is 0.573. The summed E-state index contributed by atoms with van der Waals surface area (Å²) in [6.45, 7) is 8.60. The third kappa shape index (κ3) is 3.23. The van der Waals surface area contributed by atoms with Gasteiger partial charge in [-0.05, 0) is 20.4 Å². The summed E-state index contributed by atoms with van der Waals surface area (Å²) < 4.78 is 0. The predicted octanol–water partition coefficient (Wildman–Crippen LogP) is 3.11. The lowest BCUT2D eigenvalue weighted by atomic mass is 10.3. The molecular formula is C10H17ClN2S. The molecule has 1 aromatic rings. The zero-order chi connectivity index (χ0) is 10.6. The van der Waals surface area contributed by atoms with Crippen LogP contribution in [-0.2, 0) is 12.4 Å². The van der Waals surface area contributed by atoms with E-state index in [1.807, 2.05) is 5.38 Å². The topological polar surface area (TPSA) is 16.1 Å². The van der Waals surface area contributed by atoms with Crippen LogP contribution >= 0.6 is 22.9 Å². The van der Waals surface area contributed by atoms with E-state index in [9.17, 15) is 0 Å². The van der Waals surface area contributed by atoms with Gasteiger partial charge in [0, 0.05) is 11.4 Å². The van der Waals surface area contributed by atoms with Crippen LogP contribution in [0, 0.1) is 0 Å². The van der Waals surface area contributed by atoms with E-state index in [0.29, 0.717) is 11.9 Å². The van der Waals surface area contributed by atoms with Gasteiger partial charge in [-0.15, -0.1) is 22.9 Å². The Balaban J connectivity index is 2.57. The van der Waals surface area contributed by atoms with E-state index in [2.05, 4.69) is 30.7 Å². The zero-order valence-electron chi connectivity index (χ0n) is 8.96. The molecule has 0 amide bonds. The maximum Gasteiger partial charge on any atom is 0.107 e. The Hall–Kier alpha value is -0.120. The average Bonchev–Trinajstić information content (AvgIpc) is 2.61.